The molecule has 0 radical (unpaired) electrons. The number of ether oxygens (including phenoxy) is 1. The molecule has 0 fully saturated rings. The smallest absolute Gasteiger partial charge is 0.160 e. The second kappa shape index (κ2) is 4.11. The summed E-state index contributed by atoms with van der Waals surface area (Å²) >= 11 is 0. The molecular formula is C9H14N2O2. The van der Waals surface area contributed by atoms with Crippen molar-refractivity contribution in [3.8, 4) is 11.5 Å². The summed E-state index contributed by atoms with van der Waals surface area (Å²) in [4.78, 5) is 0. The van der Waals surface area contributed by atoms with Crippen LogP contribution in [0.2, 0.25) is 0 Å². The first-order valence-electron chi connectivity index (χ1n) is 4.02. The van der Waals surface area contributed by atoms with Crippen LogP contribution in [-0.2, 0) is 0 Å². The van der Waals surface area contributed by atoms with Crippen molar-refractivity contribution in [1.29, 1.82) is 0 Å². The number of methoxy groups -OCH3 is 1. The monoisotopic (exact) mass is 182 g/mol. The molecule has 0 aromatic heterocycles. The molecule has 0 aliphatic carbocycles. The Bertz CT molecular complexity index is 289. The van der Waals surface area contributed by atoms with Crippen LogP contribution in [0.3, 0.4) is 0 Å². The summed E-state index contributed by atoms with van der Waals surface area (Å²) in [6.45, 7) is 1.90. The molecule has 0 aliphatic rings. The molecule has 4 heteroatoms. The van der Waals surface area contributed by atoms with Crippen LogP contribution in [-0.4, -0.2) is 12.2 Å². The van der Waals surface area contributed by atoms with Gasteiger partial charge in [0.25, 0.3) is 0 Å². The minimum absolute atomic E-state index is 0.0109. The molecule has 1 aromatic rings. The lowest BCUT2D eigenvalue weighted by Gasteiger charge is -2.11. The lowest BCUT2D eigenvalue weighted by atomic mass is 10.1. The molecule has 1 atom stereocenters. The quantitative estimate of drug-likeness (QED) is 0.480. The number of rotatable bonds is 3. The van der Waals surface area contributed by atoms with Crippen LogP contribution in [0, 0.1) is 0 Å². The topological polar surface area (TPSA) is 67.5 Å². The molecule has 0 saturated carbocycles. The van der Waals surface area contributed by atoms with Gasteiger partial charge in [0.05, 0.1) is 7.11 Å². The van der Waals surface area contributed by atoms with Crippen molar-refractivity contribution in [3.63, 3.8) is 0 Å². The van der Waals surface area contributed by atoms with Crippen molar-refractivity contribution in [2.45, 2.75) is 13.0 Å². The van der Waals surface area contributed by atoms with Gasteiger partial charge in [-0.25, -0.2) is 0 Å². The lowest BCUT2D eigenvalue weighted by molar-refractivity contribution is 0.372. The normalized spacial score (nSPS) is 12.5. The van der Waals surface area contributed by atoms with E-state index in [0.717, 1.165) is 5.56 Å². The van der Waals surface area contributed by atoms with Gasteiger partial charge >= 0.3 is 0 Å². The Morgan fingerprint density at radius 2 is 2.23 bits per heavy atom. The first-order valence-corrected chi connectivity index (χ1v) is 4.02. The van der Waals surface area contributed by atoms with Gasteiger partial charge in [-0.05, 0) is 24.6 Å². The molecule has 0 spiro atoms. The SMILES string of the molecule is COc1ccc([C@@H](C)NN)cc1O. The minimum Gasteiger partial charge on any atom is -0.504 e. The molecule has 0 amide bonds. The van der Waals surface area contributed by atoms with Crippen molar-refractivity contribution >= 4 is 0 Å². The number of benzene rings is 1. The molecule has 0 heterocycles. The molecule has 13 heavy (non-hydrogen) atoms. The van der Waals surface area contributed by atoms with Gasteiger partial charge in [-0.2, -0.15) is 0 Å². The van der Waals surface area contributed by atoms with Crippen molar-refractivity contribution in [3.05, 3.63) is 23.8 Å². The van der Waals surface area contributed by atoms with Gasteiger partial charge in [-0.3, -0.25) is 11.3 Å². The molecule has 4 N–H and O–H groups in total. The summed E-state index contributed by atoms with van der Waals surface area (Å²) in [5.74, 6) is 5.85. The van der Waals surface area contributed by atoms with Gasteiger partial charge in [-0.1, -0.05) is 6.07 Å². The first-order chi connectivity index (χ1) is 6.19. The van der Waals surface area contributed by atoms with Gasteiger partial charge < -0.3 is 9.84 Å². The Kier molecular flexibility index (Phi) is 3.11. The second-order valence-corrected chi connectivity index (χ2v) is 2.82. The largest absolute Gasteiger partial charge is 0.504 e. The number of hydrazine groups is 1. The molecule has 0 bridgehead atoms. The number of phenolic OH excluding ortho intramolecular Hbond substituents is 1. The molecular weight excluding hydrogens is 168 g/mol. The van der Waals surface area contributed by atoms with Gasteiger partial charge in [-0.15, -0.1) is 0 Å². The van der Waals surface area contributed by atoms with Crippen molar-refractivity contribution in [1.82, 2.24) is 5.43 Å². The summed E-state index contributed by atoms with van der Waals surface area (Å²) in [5, 5.41) is 9.44. The zero-order chi connectivity index (χ0) is 9.84. The number of nitrogens with one attached hydrogen (secondary N) is 1. The fourth-order valence-electron chi connectivity index (χ4n) is 1.07. The molecule has 0 saturated heterocycles. The van der Waals surface area contributed by atoms with Gasteiger partial charge in [0, 0.05) is 6.04 Å². The van der Waals surface area contributed by atoms with E-state index in [1.54, 1.807) is 12.1 Å². The Balaban J connectivity index is 2.95. The molecule has 1 aromatic carbocycles. The standard InChI is InChI=1S/C9H14N2O2/c1-6(11-10)7-3-4-9(13-2)8(12)5-7/h3-6,11-12H,10H2,1-2H3/t6-/m1/s1. The molecule has 4 nitrogen and oxygen atoms in total. The van der Waals surface area contributed by atoms with Crippen LogP contribution in [0.5, 0.6) is 11.5 Å². The second-order valence-electron chi connectivity index (χ2n) is 2.82. The van der Waals surface area contributed by atoms with E-state index >= 15 is 0 Å². The maximum absolute atomic E-state index is 9.44. The third-order valence-electron chi connectivity index (χ3n) is 1.95. The first kappa shape index (κ1) is 9.83. The van der Waals surface area contributed by atoms with Crippen LogP contribution < -0.4 is 16.0 Å². The average Bonchev–Trinajstić information content (AvgIpc) is 2.16. The summed E-state index contributed by atoms with van der Waals surface area (Å²) in [6.07, 6.45) is 0. The highest BCUT2D eigenvalue weighted by Crippen LogP contribution is 2.28. The minimum atomic E-state index is 0.0109. The molecule has 0 aliphatic heterocycles. The van der Waals surface area contributed by atoms with Crippen LogP contribution in [0.1, 0.15) is 18.5 Å². The Morgan fingerprint density at radius 1 is 1.54 bits per heavy atom. The summed E-state index contributed by atoms with van der Waals surface area (Å²) in [6, 6.07) is 5.20. The van der Waals surface area contributed by atoms with Gasteiger partial charge in [0.2, 0.25) is 0 Å². The number of phenols is 1. The fraction of sp³-hybridized carbons (Fsp3) is 0.333. The summed E-state index contributed by atoms with van der Waals surface area (Å²) in [5.41, 5.74) is 3.51. The van der Waals surface area contributed by atoms with Crippen molar-refractivity contribution in [2.24, 2.45) is 5.84 Å². The Morgan fingerprint density at radius 3 is 2.69 bits per heavy atom. The zero-order valence-electron chi connectivity index (χ0n) is 7.74. The Hall–Kier alpha value is -1.26. The van der Waals surface area contributed by atoms with Crippen LogP contribution in [0.25, 0.3) is 0 Å². The number of nitrogens with two attached hydrogens (primary N) is 1. The fourth-order valence-corrected chi connectivity index (χ4v) is 1.07. The van der Waals surface area contributed by atoms with E-state index in [2.05, 4.69) is 5.43 Å². The van der Waals surface area contributed by atoms with Crippen molar-refractivity contribution in [2.75, 3.05) is 7.11 Å². The van der Waals surface area contributed by atoms with E-state index in [-0.39, 0.29) is 11.8 Å². The zero-order valence-corrected chi connectivity index (χ0v) is 7.74. The van der Waals surface area contributed by atoms with Crippen LogP contribution >= 0.6 is 0 Å². The third-order valence-corrected chi connectivity index (χ3v) is 1.95. The predicted octanol–water partition coefficient (Wildman–Crippen LogP) is 0.925. The summed E-state index contributed by atoms with van der Waals surface area (Å²) < 4.78 is 4.91. The van der Waals surface area contributed by atoms with E-state index in [1.165, 1.54) is 7.11 Å². The lowest BCUT2D eigenvalue weighted by Crippen LogP contribution is -2.25. The van der Waals surface area contributed by atoms with Crippen LogP contribution in [0.4, 0.5) is 0 Å². The number of aromatic hydroxyl groups is 1. The highest BCUT2D eigenvalue weighted by molar-refractivity contribution is 5.42. The third kappa shape index (κ3) is 2.11. The Labute approximate surface area is 77.3 Å². The molecule has 1 rings (SSSR count). The molecule has 72 valence electrons. The highest BCUT2D eigenvalue weighted by Gasteiger charge is 2.06. The van der Waals surface area contributed by atoms with E-state index in [4.69, 9.17) is 10.6 Å². The van der Waals surface area contributed by atoms with E-state index in [1.807, 2.05) is 13.0 Å². The maximum Gasteiger partial charge on any atom is 0.160 e. The number of hydrogen-bond acceptors (Lipinski definition) is 4. The van der Waals surface area contributed by atoms with Gasteiger partial charge in [0.15, 0.2) is 11.5 Å². The maximum atomic E-state index is 9.44. The molecule has 0 unspecified atom stereocenters. The van der Waals surface area contributed by atoms with Gasteiger partial charge in [0.1, 0.15) is 0 Å². The van der Waals surface area contributed by atoms with Crippen molar-refractivity contribution < 1.29 is 9.84 Å². The predicted molar refractivity (Wildman–Crippen MR) is 50.4 cm³/mol. The highest BCUT2D eigenvalue weighted by atomic mass is 16.5. The average molecular weight is 182 g/mol. The summed E-state index contributed by atoms with van der Waals surface area (Å²) in [7, 11) is 1.51. The number of hydrogen-bond donors (Lipinski definition) is 3. The van der Waals surface area contributed by atoms with E-state index in [0.29, 0.717) is 5.75 Å². The van der Waals surface area contributed by atoms with E-state index in [9.17, 15) is 5.11 Å². The van der Waals surface area contributed by atoms with Crippen LogP contribution in [0.15, 0.2) is 18.2 Å². The van der Waals surface area contributed by atoms with E-state index < -0.39 is 0 Å².